The van der Waals surface area contributed by atoms with E-state index in [1.54, 1.807) is 30.5 Å². The van der Waals surface area contributed by atoms with E-state index in [0.29, 0.717) is 11.3 Å². The van der Waals surface area contributed by atoms with Gasteiger partial charge in [0.05, 0.1) is 12.5 Å². The Morgan fingerprint density at radius 2 is 2.24 bits per heavy atom. The fourth-order valence-electron chi connectivity index (χ4n) is 1.37. The highest BCUT2D eigenvalue weighted by Gasteiger charge is 2.03. The summed E-state index contributed by atoms with van der Waals surface area (Å²) in [6.07, 6.45) is 3.00. The molecule has 86 valence electrons. The van der Waals surface area contributed by atoms with E-state index in [2.05, 4.69) is 10.5 Å². The second-order valence-corrected chi connectivity index (χ2v) is 3.58. The standard InChI is InChI=1S/C13H12N2O2/c1-10-4-2-5-11(8-10)13(16)15-14-9-12-6-3-7-17-12/h2-9H,1H3,(H,15,16)/b14-9-. The summed E-state index contributed by atoms with van der Waals surface area (Å²) in [5.41, 5.74) is 4.05. The van der Waals surface area contributed by atoms with Gasteiger partial charge in [-0.15, -0.1) is 0 Å². The molecule has 1 aromatic carbocycles. The molecule has 0 atom stereocenters. The zero-order valence-electron chi connectivity index (χ0n) is 9.38. The summed E-state index contributed by atoms with van der Waals surface area (Å²) >= 11 is 0. The van der Waals surface area contributed by atoms with Gasteiger partial charge in [-0.25, -0.2) is 5.43 Å². The maximum absolute atomic E-state index is 11.7. The third kappa shape index (κ3) is 3.04. The molecule has 1 N–H and O–H groups in total. The summed E-state index contributed by atoms with van der Waals surface area (Å²) in [5.74, 6) is 0.353. The Bertz CT molecular complexity index is 530. The van der Waals surface area contributed by atoms with E-state index < -0.39 is 0 Å². The van der Waals surface area contributed by atoms with Crippen LogP contribution in [0, 0.1) is 6.92 Å². The van der Waals surface area contributed by atoms with Crippen LogP contribution in [0.1, 0.15) is 21.7 Å². The zero-order valence-corrected chi connectivity index (χ0v) is 9.38. The Kier molecular flexibility index (Phi) is 3.35. The van der Waals surface area contributed by atoms with E-state index in [-0.39, 0.29) is 5.91 Å². The highest BCUT2D eigenvalue weighted by molar-refractivity contribution is 5.94. The summed E-state index contributed by atoms with van der Waals surface area (Å²) in [6, 6.07) is 10.8. The molecule has 2 rings (SSSR count). The Morgan fingerprint density at radius 1 is 1.35 bits per heavy atom. The van der Waals surface area contributed by atoms with Crippen LogP contribution in [-0.4, -0.2) is 12.1 Å². The SMILES string of the molecule is Cc1cccc(C(=O)N/N=C\c2ccco2)c1. The molecule has 0 bridgehead atoms. The highest BCUT2D eigenvalue weighted by Crippen LogP contribution is 2.03. The van der Waals surface area contributed by atoms with Crippen molar-refractivity contribution < 1.29 is 9.21 Å². The molecule has 2 aromatic rings. The fourth-order valence-corrected chi connectivity index (χ4v) is 1.37. The van der Waals surface area contributed by atoms with Gasteiger partial charge in [0.2, 0.25) is 0 Å². The average molecular weight is 228 g/mol. The van der Waals surface area contributed by atoms with Crippen LogP contribution in [-0.2, 0) is 0 Å². The van der Waals surface area contributed by atoms with Crippen molar-refractivity contribution in [2.24, 2.45) is 5.10 Å². The van der Waals surface area contributed by atoms with Crippen LogP contribution in [0.5, 0.6) is 0 Å². The average Bonchev–Trinajstić information content (AvgIpc) is 2.82. The number of benzene rings is 1. The first-order valence-electron chi connectivity index (χ1n) is 5.19. The molecule has 1 heterocycles. The van der Waals surface area contributed by atoms with E-state index in [0.717, 1.165) is 5.56 Å². The van der Waals surface area contributed by atoms with Crippen LogP contribution in [0.25, 0.3) is 0 Å². The predicted molar refractivity (Wildman–Crippen MR) is 64.9 cm³/mol. The van der Waals surface area contributed by atoms with Gasteiger partial charge >= 0.3 is 0 Å². The first-order chi connectivity index (χ1) is 8.25. The molecule has 1 aromatic heterocycles. The predicted octanol–water partition coefficient (Wildman–Crippen LogP) is 2.35. The van der Waals surface area contributed by atoms with Crippen molar-refractivity contribution in [3.63, 3.8) is 0 Å². The quantitative estimate of drug-likeness (QED) is 0.647. The molecule has 0 aliphatic carbocycles. The highest BCUT2D eigenvalue weighted by atomic mass is 16.3. The first-order valence-corrected chi connectivity index (χ1v) is 5.19. The summed E-state index contributed by atoms with van der Waals surface area (Å²) in [6.45, 7) is 1.93. The van der Waals surface area contributed by atoms with Crippen molar-refractivity contribution in [3.8, 4) is 0 Å². The molecule has 0 saturated carbocycles. The molecule has 0 unspecified atom stereocenters. The smallest absolute Gasteiger partial charge is 0.271 e. The lowest BCUT2D eigenvalue weighted by Gasteiger charge is -2.00. The Labute approximate surface area is 99.0 Å². The lowest BCUT2D eigenvalue weighted by Crippen LogP contribution is -2.17. The largest absolute Gasteiger partial charge is 0.463 e. The molecule has 4 nitrogen and oxygen atoms in total. The molecular weight excluding hydrogens is 216 g/mol. The van der Waals surface area contributed by atoms with Gasteiger partial charge in [-0.2, -0.15) is 5.10 Å². The topological polar surface area (TPSA) is 54.6 Å². The van der Waals surface area contributed by atoms with Crippen LogP contribution in [0.4, 0.5) is 0 Å². The van der Waals surface area contributed by atoms with Crippen LogP contribution < -0.4 is 5.43 Å². The van der Waals surface area contributed by atoms with Crippen molar-refractivity contribution >= 4 is 12.1 Å². The lowest BCUT2D eigenvalue weighted by molar-refractivity contribution is 0.0955. The van der Waals surface area contributed by atoms with E-state index in [4.69, 9.17) is 4.42 Å². The second-order valence-electron chi connectivity index (χ2n) is 3.58. The molecule has 4 heteroatoms. The van der Waals surface area contributed by atoms with Gasteiger partial charge in [-0.05, 0) is 31.2 Å². The number of furan rings is 1. The van der Waals surface area contributed by atoms with E-state index in [1.165, 1.54) is 6.21 Å². The molecule has 0 saturated heterocycles. The van der Waals surface area contributed by atoms with Gasteiger partial charge in [0.25, 0.3) is 5.91 Å². The summed E-state index contributed by atoms with van der Waals surface area (Å²) in [7, 11) is 0. The molecule has 0 radical (unpaired) electrons. The summed E-state index contributed by atoms with van der Waals surface area (Å²) in [4.78, 5) is 11.7. The Balaban J connectivity index is 1.98. The number of carbonyl (C=O) groups is 1. The van der Waals surface area contributed by atoms with Gasteiger partial charge in [0, 0.05) is 5.56 Å². The molecule has 0 fully saturated rings. The van der Waals surface area contributed by atoms with Crippen molar-refractivity contribution in [1.29, 1.82) is 0 Å². The van der Waals surface area contributed by atoms with Gasteiger partial charge in [-0.1, -0.05) is 17.7 Å². The molecule has 0 aliphatic rings. The van der Waals surface area contributed by atoms with Crippen LogP contribution >= 0.6 is 0 Å². The molecule has 17 heavy (non-hydrogen) atoms. The number of carbonyl (C=O) groups excluding carboxylic acids is 1. The third-order valence-corrected chi connectivity index (χ3v) is 2.18. The normalized spacial score (nSPS) is 10.6. The minimum absolute atomic E-state index is 0.239. The van der Waals surface area contributed by atoms with Crippen LogP contribution in [0.15, 0.2) is 52.2 Å². The number of hydrogen-bond acceptors (Lipinski definition) is 3. The lowest BCUT2D eigenvalue weighted by atomic mass is 10.1. The molecule has 0 aliphatic heterocycles. The monoisotopic (exact) mass is 228 g/mol. The van der Waals surface area contributed by atoms with E-state index in [9.17, 15) is 4.79 Å². The maximum atomic E-state index is 11.7. The minimum Gasteiger partial charge on any atom is -0.463 e. The van der Waals surface area contributed by atoms with Crippen molar-refractivity contribution in [1.82, 2.24) is 5.43 Å². The first kappa shape index (κ1) is 11.1. The van der Waals surface area contributed by atoms with Crippen molar-refractivity contribution in [2.75, 3.05) is 0 Å². The molecular formula is C13H12N2O2. The number of aryl methyl sites for hydroxylation is 1. The summed E-state index contributed by atoms with van der Waals surface area (Å²) in [5, 5.41) is 3.80. The Morgan fingerprint density at radius 3 is 2.94 bits per heavy atom. The minimum atomic E-state index is -0.239. The van der Waals surface area contributed by atoms with Crippen molar-refractivity contribution in [3.05, 3.63) is 59.5 Å². The van der Waals surface area contributed by atoms with Gasteiger partial charge in [0.15, 0.2) is 0 Å². The van der Waals surface area contributed by atoms with Crippen molar-refractivity contribution in [2.45, 2.75) is 6.92 Å². The number of amides is 1. The maximum Gasteiger partial charge on any atom is 0.271 e. The fraction of sp³-hybridized carbons (Fsp3) is 0.0769. The van der Waals surface area contributed by atoms with Crippen LogP contribution in [0.2, 0.25) is 0 Å². The van der Waals surface area contributed by atoms with E-state index >= 15 is 0 Å². The Hall–Kier alpha value is -2.36. The van der Waals surface area contributed by atoms with Gasteiger partial charge in [-0.3, -0.25) is 4.79 Å². The number of hydrazone groups is 1. The number of nitrogens with one attached hydrogen (secondary N) is 1. The number of rotatable bonds is 3. The molecule has 0 spiro atoms. The van der Waals surface area contributed by atoms with E-state index in [1.807, 2.05) is 19.1 Å². The number of nitrogens with zero attached hydrogens (tertiary/aromatic N) is 1. The van der Waals surface area contributed by atoms with Crippen LogP contribution in [0.3, 0.4) is 0 Å². The molecule has 1 amide bonds. The zero-order chi connectivity index (χ0) is 12.1. The summed E-state index contributed by atoms with van der Waals surface area (Å²) < 4.78 is 5.04. The second kappa shape index (κ2) is 5.12. The van der Waals surface area contributed by atoms with Gasteiger partial charge < -0.3 is 4.42 Å². The van der Waals surface area contributed by atoms with Gasteiger partial charge in [0.1, 0.15) is 5.76 Å². The number of hydrogen-bond donors (Lipinski definition) is 1. The third-order valence-electron chi connectivity index (χ3n) is 2.18.